The average molecular weight is 350 g/mol. The van der Waals surface area contributed by atoms with Crippen LogP contribution in [0.5, 0.6) is 0 Å². The first-order valence-corrected chi connectivity index (χ1v) is 7.59. The fourth-order valence-corrected chi connectivity index (χ4v) is 2.44. The fraction of sp³-hybridized carbons (Fsp3) is 0.375. The fourth-order valence-electron chi connectivity index (χ4n) is 2.44. The second-order valence-corrected chi connectivity index (χ2v) is 6.35. The van der Waals surface area contributed by atoms with Gasteiger partial charge in [-0.25, -0.2) is 9.97 Å². The van der Waals surface area contributed by atoms with Crippen LogP contribution in [0.25, 0.3) is 22.3 Å². The Morgan fingerprint density at radius 2 is 1.84 bits per heavy atom. The van der Waals surface area contributed by atoms with Gasteiger partial charge in [0.15, 0.2) is 5.82 Å². The molecule has 0 aromatic carbocycles. The Bertz CT molecular complexity index is 910. The second-order valence-electron chi connectivity index (χ2n) is 6.35. The summed E-state index contributed by atoms with van der Waals surface area (Å²) in [5.74, 6) is 0.398. The van der Waals surface area contributed by atoms with Crippen molar-refractivity contribution in [2.75, 3.05) is 5.32 Å². The highest BCUT2D eigenvalue weighted by molar-refractivity contribution is 5.90. The number of alkyl halides is 3. The topological polar surface area (TPSA) is 79.4 Å². The normalized spacial score (nSPS) is 12.6. The molecule has 0 bridgehead atoms. The minimum Gasteiger partial charge on any atom is -0.356 e. The highest BCUT2D eigenvalue weighted by Gasteiger charge is 2.47. The minimum absolute atomic E-state index is 0.102. The summed E-state index contributed by atoms with van der Waals surface area (Å²) in [4.78, 5) is 12.8. The monoisotopic (exact) mass is 350 g/mol. The molecule has 132 valence electrons. The number of halogens is 3. The number of H-pyrrole nitrogens is 1. The molecule has 0 fully saturated rings. The summed E-state index contributed by atoms with van der Waals surface area (Å²) in [6, 6.07) is 1.59. The Morgan fingerprint density at radius 3 is 2.44 bits per heavy atom. The first-order valence-electron chi connectivity index (χ1n) is 7.59. The maximum absolute atomic E-state index is 13.3. The van der Waals surface area contributed by atoms with Crippen LogP contribution in [0.2, 0.25) is 0 Å². The number of hydrogen-bond donors (Lipinski definition) is 2. The molecule has 25 heavy (non-hydrogen) atoms. The lowest BCUT2D eigenvalue weighted by Crippen LogP contribution is -2.46. The number of aryl methyl sites for hydroxylation is 2. The summed E-state index contributed by atoms with van der Waals surface area (Å²) in [7, 11) is 0. The zero-order chi connectivity index (χ0) is 18.4. The standard InChI is InChI=1S/C16H17F3N6/c1-8-12(9(2)25-24-8)14-21-11-7-20-6-5-10(11)13(22-14)23-15(3,4)16(17,18)19/h5-7H,1-4H3,(H,24,25)(H,21,22,23). The van der Waals surface area contributed by atoms with Crippen LogP contribution in [0.1, 0.15) is 25.2 Å². The largest absolute Gasteiger partial charge is 0.410 e. The quantitative estimate of drug-likeness (QED) is 0.751. The van der Waals surface area contributed by atoms with E-state index in [1.165, 1.54) is 12.4 Å². The molecule has 2 N–H and O–H groups in total. The molecule has 0 saturated heterocycles. The van der Waals surface area contributed by atoms with E-state index in [9.17, 15) is 13.2 Å². The third-order valence-corrected chi connectivity index (χ3v) is 3.99. The molecule has 0 spiro atoms. The van der Waals surface area contributed by atoms with E-state index >= 15 is 0 Å². The lowest BCUT2D eigenvalue weighted by atomic mass is 10.0. The van der Waals surface area contributed by atoms with Gasteiger partial charge in [0.1, 0.15) is 11.4 Å². The van der Waals surface area contributed by atoms with Gasteiger partial charge in [0.25, 0.3) is 0 Å². The molecule has 0 aliphatic carbocycles. The molecule has 3 rings (SSSR count). The van der Waals surface area contributed by atoms with Gasteiger partial charge in [-0.1, -0.05) is 0 Å². The van der Waals surface area contributed by atoms with E-state index in [0.29, 0.717) is 28.0 Å². The van der Waals surface area contributed by atoms with E-state index in [0.717, 1.165) is 19.5 Å². The highest BCUT2D eigenvalue weighted by Crippen LogP contribution is 2.35. The zero-order valence-corrected chi connectivity index (χ0v) is 14.2. The van der Waals surface area contributed by atoms with Crippen molar-refractivity contribution in [1.82, 2.24) is 25.1 Å². The van der Waals surface area contributed by atoms with Gasteiger partial charge in [-0.15, -0.1) is 0 Å². The number of fused-ring (bicyclic) bond motifs is 1. The van der Waals surface area contributed by atoms with Crippen LogP contribution in [0.4, 0.5) is 19.0 Å². The van der Waals surface area contributed by atoms with Gasteiger partial charge in [0, 0.05) is 17.3 Å². The van der Waals surface area contributed by atoms with Crippen molar-refractivity contribution >= 4 is 16.7 Å². The Balaban J connectivity index is 2.21. The summed E-state index contributed by atoms with van der Waals surface area (Å²) in [6.45, 7) is 5.72. The molecule has 3 aromatic rings. The number of pyridine rings is 1. The van der Waals surface area contributed by atoms with Gasteiger partial charge >= 0.3 is 6.18 Å². The van der Waals surface area contributed by atoms with E-state index < -0.39 is 11.7 Å². The smallest absolute Gasteiger partial charge is 0.356 e. The van der Waals surface area contributed by atoms with E-state index in [1.54, 1.807) is 19.9 Å². The predicted molar refractivity (Wildman–Crippen MR) is 88.1 cm³/mol. The van der Waals surface area contributed by atoms with E-state index in [4.69, 9.17) is 0 Å². The summed E-state index contributed by atoms with van der Waals surface area (Å²) in [5, 5.41) is 9.90. The van der Waals surface area contributed by atoms with Crippen molar-refractivity contribution < 1.29 is 13.2 Å². The van der Waals surface area contributed by atoms with Crippen LogP contribution in [-0.2, 0) is 0 Å². The molecule has 6 nitrogen and oxygen atoms in total. The van der Waals surface area contributed by atoms with Crippen LogP contribution in [-0.4, -0.2) is 36.9 Å². The lowest BCUT2D eigenvalue weighted by molar-refractivity contribution is -0.168. The molecule has 0 amide bonds. The minimum atomic E-state index is -4.45. The molecule has 3 aromatic heterocycles. The first kappa shape index (κ1) is 17.1. The summed E-state index contributed by atoms with van der Waals surface area (Å²) in [5.41, 5.74) is 0.366. The van der Waals surface area contributed by atoms with Crippen LogP contribution in [0, 0.1) is 13.8 Å². The molecule has 0 atom stereocenters. The van der Waals surface area contributed by atoms with Crippen molar-refractivity contribution in [3.8, 4) is 11.4 Å². The summed E-state index contributed by atoms with van der Waals surface area (Å²) in [6.07, 6.45) is -1.46. The molecule has 0 unspecified atom stereocenters. The Hall–Kier alpha value is -2.71. The van der Waals surface area contributed by atoms with Gasteiger partial charge in [0.05, 0.1) is 23.0 Å². The van der Waals surface area contributed by atoms with Crippen molar-refractivity contribution in [2.45, 2.75) is 39.4 Å². The van der Waals surface area contributed by atoms with Gasteiger partial charge in [0.2, 0.25) is 0 Å². The molecular weight excluding hydrogens is 333 g/mol. The average Bonchev–Trinajstić information content (AvgIpc) is 2.84. The molecule has 0 aliphatic rings. The molecular formula is C16H17F3N6. The number of hydrogen-bond acceptors (Lipinski definition) is 5. The van der Waals surface area contributed by atoms with Gasteiger partial charge < -0.3 is 5.32 Å². The number of aromatic nitrogens is 5. The van der Waals surface area contributed by atoms with Crippen molar-refractivity contribution in [2.24, 2.45) is 0 Å². The van der Waals surface area contributed by atoms with Crippen LogP contribution < -0.4 is 5.32 Å². The number of aromatic amines is 1. The second kappa shape index (κ2) is 5.68. The SMILES string of the molecule is Cc1n[nH]c(C)c1-c1nc(NC(C)(C)C(F)(F)F)c2ccncc2n1. The lowest BCUT2D eigenvalue weighted by Gasteiger charge is -2.30. The number of rotatable bonds is 3. The first-order chi connectivity index (χ1) is 11.6. The molecule has 0 radical (unpaired) electrons. The van der Waals surface area contributed by atoms with Crippen molar-refractivity contribution in [3.05, 3.63) is 29.8 Å². The Morgan fingerprint density at radius 1 is 1.12 bits per heavy atom. The van der Waals surface area contributed by atoms with E-state index in [1.807, 2.05) is 0 Å². The summed E-state index contributed by atoms with van der Waals surface area (Å²) < 4.78 is 39.9. The van der Waals surface area contributed by atoms with Crippen LogP contribution in [0.15, 0.2) is 18.5 Å². The highest BCUT2D eigenvalue weighted by atomic mass is 19.4. The van der Waals surface area contributed by atoms with Crippen molar-refractivity contribution in [3.63, 3.8) is 0 Å². The molecule has 0 saturated carbocycles. The van der Waals surface area contributed by atoms with Gasteiger partial charge in [-0.2, -0.15) is 18.3 Å². The zero-order valence-electron chi connectivity index (χ0n) is 14.2. The number of nitrogens with zero attached hydrogens (tertiary/aromatic N) is 4. The van der Waals surface area contributed by atoms with Crippen LogP contribution >= 0.6 is 0 Å². The number of anilines is 1. The molecule has 3 heterocycles. The van der Waals surface area contributed by atoms with Gasteiger partial charge in [-0.3, -0.25) is 10.1 Å². The van der Waals surface area contributed by atoms with E-state index in [2.05, 4.69) is 30.5 Å². The Kier molecular flexibility index (Phi) is 3.89. The maximum Gasteiger partial charge on any atom is 0.410 e. The maximum atomic E-state index is 13.3. The van der Waals surface area contributed by atoms with Crippen LogP contribution in [0.3, 0.4) is 0 Å². The number of nitrogens with one attached hydrogen (secondary N) is 2. The predicted octanol–water partition coefficient (Wildman–Crippen LogP) is 3.78. The van der Waals surface area contributed by atoms with E-state index in [-0.39, 0.29) is 5.82 Å². The molecule has 9 heteroatoms. The summed E-state index contributed by atoms with van der Waals surface area (Å²) >= 11 is 0. The molecule has 0 aliphatic heterocycles. The third kappa shape index (κ3) is 3.01. The van der Waals surface area contributed by atoms with Crippen molar-refractivity contribution in [1.29, 1.82) is 0 Å². The third-order valence-electron chi connectivity index (χ3n) is 3.99. The Labute approximate surface area is 141 Å². The van der Waals surface area contributed by atoms with Gasteiger partial charge in [-0.05, 0) is 33.8 Å².